The molecule has 0 radical (unpaired) electrons. The quantitative estimate of drug-likeness (QED) is 0.783. The summed E-state index contributed by atoms with van der Waals surface area (Å²) in [6.07, 6.45) is 2.54. The highest BCUT2D eigenvalue weighted by molar-refractivity contribution is 5.80. The summed E-state index contributed by atoms with van der Waals surface area (Å²) in [6, 6.07) is 10.2. The molecule has 1 atom stereocenters. The zero-order chi connectivity index (χ0) is 13.4. The topological polar surface area (TPSA) is 57.0 Å². The molecule has 1 aromatic carbocycles. The van der Waals surface area contributed by atoms with Gasteiger partial charge in [0.05, 0.1) is 17.3 Å². The van der Waals surface area contributed by atoms with Gasteiger partial charge in [0.25, 0.3) is 0 Å². The Morgan fingerprint density at radius 2 is 2.21 bits per heavy atom. The standard InChI is InChI=1S/C15H17N3O/c1-10(16)8-11-5-6-12-13(9-11)18(2)15(17-12)14-4-3-7-19-14/h3-7,9-10H,8,16H2,1-2H3. The summed E-state index contributed by atoms with van der Waals surface area (Å²) in [5, 5.41) is 0. The van der Waals surface area contributed by atoms with Crippen molar-refractivity contribution in [2.24, 2.45) is 12.8 Å². The smallest absolute Gasteiger partial charge is 0.176 e. The van der Waals surface area contributed by atoms with E-state index in [1.54, 1.807) is 6.26 Å². The van der Waals surface area contributed by atoms with E-state index in [-0.39, 0.29) is 6.04 Å². The second-order valence-corrected chi connectivity index (χ2v) is 4.98. The summed E-state index contributed by atoms with van der Waals surface area (Å²) in [5.41, 5.74) is 9.16. The van der Waals surface area contributed by atoms with Gasteiger partial charge < -0.3 is 14.7 Å². The molecule has 2 N–H and O–H groups in total. The molecule has 0 aliphatic carbocycles. The molecule has 4 nitrogen and oxygen atoms in total. The fourth-order valence-corrected chi connectivity index (χ4v) is 2.36. The van der Waals surface area contributed by atoms with Crippen LogP contribution >= 0.6 is 0 Å². The molecule has 98 valence electrons. The minimum absolute atomic E-state index is 0.162. The summed E-state index contributed by atoms with van der Waals surface area (Å²) in [6.45, 7) is 2.02. The number of hydrogen-bond acceptors (Lipinski definition) is 3. The maximum atomic E-state index is 5.85. The molecule has 0 aliphatic rings. The monoisotopic (exact) mass is 255 g/mol. The summed E-state index contributed by atoms with van der Waals surface area (Å²) in [7, 11) is 2.00. The highest BCUT2D eigenvalue weighted by atomic mass is 16.3. The fraction of sp³-hybridized carbons (Fsp3) is 0.267. The Hall–Kier alpha value is -2.07. The van der Waals surface area contributed by atoms with Crippen LogP contribution in [0.1, 0.15) is 12.5 Å². The molecule has 0 bridgehead atoms. The van der Waals surface area contributed by atoms with Gasteiger partial charge in [-0.25, -0.2) is 4.98 Å². The van der Waals surface area contributed by atoms with Crippen molar-refractivity contribution in [1.82, 2.24) is 9.55 Å². The molecule has 4 heteroatoms. The van der Waals surface area contributed by atoms with Crippen molar-refractivity contribution in [1.29, 1.82) is 0 Å². The Morgan fingerprint density at radius 3 is 2.89 bits per heavy atom. The van der Waals surface area contributed by atoms with E-state index in [1.165, 1.54) is 5.56 Å². The highest BCUT2D eigenvalue weighted by Gasteiger charge is 2.12. The molecule has 3 rings (SSSR count). The Bertz CT molecular complexity index is 696. The number of nitrogens with zero attached hydrogens (tertiary/aromatic N) is 2. The molecule has 2 heterocycles. The van der Waals surface area contributed by atoms with Crippen LogP contribution < -0.4 is 5.73 Å². The van der Waals surface area contributed by atoms with Crippen LogP contribution in [0.4, 0.5) is 0 Å². The normalized spacial score (nSPS) is 13.0. The number of aromatic nitrogens is 2. The van der Waals surface area contributed by atoms with Crippen molar-refractivity contribution < 1.29 is 4.42 Å². The van der Waals surface area contributed by atoms with Crippen molar-refractivity contribution in [3.63, 3.8) is 0 Å². The molecule has 19 heavy (non-hydrogen) atoms. The van der Waals surface area contributed by atoms with E-state index < -0.39 is 0 Å². The minimum Gasteiger partial charge on any atom is -0.461 e. The Morgan fingerprint density at radius 1 is 1.37 bits per heavy atom. The van der Waals surface area contributed by atoms with Gasteiger partial charge in [-0.15, -0.1) is 0 Å². The SMILES string of the molecule is CC(N)Cc1ccc2nc(-c3ccco3)n(C)c2c1. The van der Waals surface area contributed by atoms with Crippen molar-refractivity contribution in [3.8, 4) is 11.6 Å². The van der Waals surface area contributed by atoms with Gasteiger partial charge >= 0.3 is 0 Å². The van der Waals surface area contributed by atoms with E-state index in [1.807, 2.05) is 32.2 Å². The molecular formula is C15H17N3O. The number of aryl methyl sites for hydroxylation is 1. The first-order valence-corrected chi connectivity index (χ1v) is 6.40. The third-order valence-corrected chi connectivity index (χ3v) is 3.24. The largest absolute Gasteiger partial charge is 0.461 e. The third-order valence-electron chi connectivity index (χ3n) is 3.24. The van der Waals surface area contributed by atoms with Gasteiger partial charge in [-0.2, -0.15) is 0 Å². The van der Waals surface area contributed by atoms with Crippen molar-refractivity contribution in [2.75, 3.05) is 0 Å². The summed E-state index contributed by atoms with van der Waals surface area (Å²) >= 11 is 0. The molecule has 0 saturated heterocycles. The van der Waals surface area contributed by atoms with Gasteiger partial charge in [-0.05, 0) is 43.2 Å². The fourth-order valence-electron chi connectivity index (χ4n) is 2.36. The van der Waals surface area contributed by atoms with Crippen LogP contribution in [0.2, 0.25) is 0 Å². The highest BCUT2D eigenvalue weighted by Crippen LogP contribution is 2.24. The van der Waals surface area contributed by atoms with Crippen molar-refractivity contribution in [2.45, 2.75) is 19.4 Å². The lowest BCUT2D eigenvalue weighted by Gasteiger charge is -2.05. The predicted octanol–water partition coefficient (Wildman–Crippen LogP) is 2.72. The van der Waals surface area contributed by atoms with Crippen molar-refractivity contribution >= 4 is 11.0 Å². The number of rotatable bonds is 3. The number of hydrogen-bond donors (Lipinski definition) is 1. The first kappa shape index (κ1) is 12.0. The lowest BCUT2D eigenvalue weighted by molar-refractivity contribution is 0.574. The molecule has 0 aliphatic heterocycles. The van der Waals surface area contributed by atoms with Crippen LogP contribution in [0.5, 0.6) is 0 Å². The number of fused-ring (bicyclic) bond motifs is 1. The molecule has 3 aromatic rings. The molecule has 0 amide bonds. The zero-order valence-corrected chi connectivity index (χ0v) is 11.1. The van der Waals surface area contributed by atoms with E-state index in [0.717, 1.165) is 29.0 Å². The molecule has 0 spiro atoms. The van der Waals surface area contributed by atoms with Crippen molar-refractivity contribution in [3.05, 3.63) is 42.2 Å². The minimum atomic E-state index is 0.162. The lowest BCUT2D eigenvalue weighted by atomic mass is 10.1. The van der Waals surface area contributed by atoms with Gasteiger partial charge in [0.1, 0.15) is 0 Å². The van der Waals surface area contributed by atoms with Gasteiger partial charge in [-0.3, -0.25) is 0 Å². The zero-order valence-electron chi connectivity index (χ0n) is 11.1. The van der Waals surface area contributed by atoms with E-state index in [4.69, 9.17) is 10.2 Å². The van der Waals surface area contributed by atoms with Crippen LogP contribution in [0.3, 0.4) is 0 Å². The average molecular weight is 255 g/mol. The summed E-state index contributed by atoms with van der Waals surface area (Å²) in [5.74, 6) is 1.63. The summed E-state index contributed by atoms with van der Waals surface area (Å²) < 4.78 is 7.48. The summed E-state index contributed by atoms with van der Waals surface area (Å²) in [4.78, 5) is 4.61. The maximum absolute atomic E-state index is 5.85. The molecule has 2 aromatic heterocycles. The number of nitrogens with two attached hydrogens (primary N) is 1. The average Bonchev–Trinajstić information content (AvgIpc) is 2.97. The number of imidazole rings is 1. The van der Waals surface area contributed by atoms with E-state index >= 15 is 0 Å². The second-order valence-electron chi connectivity index (χ2n) is 4.98. The Labute approximate surface area is 111 Å². The third kappa shape index (κ3) is 2.15. The first-order chi connectivity index (χ1) is 9.15. The van der Waals surface area contributed by atoms with Crippen LogP contribution in [-0.2, 0) is 13.5 Å². The maximum Gasteiger partial charge on any atom is 0.176 e. The first-order valence-electron chi connectivity index (χ1n) is 6.40. The molecule has 0 fully saturated rings. The lowest BCUT2D eigenvalue weighted by Crippen LogP contribution is -2.17. The molecule has 0 saturated carbocycles. The number of furan rings is 1. The van der Waals surface area contributed by atoms with E-state index in [9.17, 15) is 0 Å². The van der Waals surface area contributed by atoms with Gasteiger partial charge in [-0.1, -0.05) is 6.07 Å². The van der Waals surface area contributed by atoms with Gasteiger partial charge in [0.15, 0.2) is 11.6 Å². The Kier molecular flexibility index (Phi) is 2.87. The van der Waals surface area contributed by atoms with Crippen LogP contribution in [0, 0.1) is 0 Å². The van der Waals surface area contributed by atoms with E-state index in [0.29, 0.717) is 0 Å². The number of benzene rings is 1. The van der Waals surface area contributed by atoms with Crippen LogP contribution in [-0.4, -0.2) is 15.6 Å². The van der Waals surface area contributed by atoms with E-state index in [2.05, 4.69) is 21.7 Å². The molecular weight excluding hydrogens is 238 g/mol. The van der Waals surface area contributed by atoms with Gasteiger partial charge in [0, 0.05) is 13.1 Å². The second kappa shape index (κ2) is 4.55. The van der Waals surface area contributed by atoms with Crippen LogP contribution in [0.25, 0.3) is 22.6 Å². The Balaban J connectivity index is 2.11. The van der Waals surface area contributed by atoms with Crippen LogP contribution in [0.15, 0.2) is 41.0 Å². The molecule has 1 unspecified atom stereocenters. The van der Waals surface area contributed by atoms with Gasteiger partial charge in [0.2, 0.25) is 0 Å². The predicted molar refractivity (Wildman–Crippen MR) is 75.8 cm³/mol.